The molecule has 2 aromatic rings. The van der Waals surface area contributed by atoms with Crippen molar-refractivity contribution in [3.8, 4) is 23.7 Å². The second kappa shape index (κ2) is 7.47. The quantitative estimate of drug-likeness (QED) is 0.507. The summed E-state index contributed by atoms with van der Waals surface area (Å²) >= 11 is 0. The Morgan fingerprint density at radius 3 is 1.59 bits per heavy atom. The van der Waals surface area contributed by atoms with Crippen molar-refractivity contribution in [2.75, 3.05) is 11.5 Å². The molecule has 3 nitrogen and oxygen atoms in total. The molecule has 22 heavy (non-hydrogen) atoms. The summed E-state index contributed by atoms with van der Waals surface area (Å²) in [5.41, 5.74) is 14.4. The Balaban J connectivity index is 2.15. The molecule has 0 fully saturated rings. The minimum absolute atomic E-state index is 0.549. The van der Waals surface area contributed by atoms with Gasteiger partial charge >= 0.3 is 0 Å². The fourth-order valence-electron chi connectivity index (χ4n) is 1.63. The van der Waals surface area contributed by atoms with Crippen LogP contribution >= 0.6 is 0 Å². The van der Waals surface area contributed by atoms with Crippen LogP contribution in [0, 0.1) is 23.7 Å². The molecule has 4 N–H and O–H groups in total. The van der Waals surface area contributed by atoms with Gasteiger partial charge in [0.25, 0.3) is 0 Å². The number of hydrogen-bond donors (Lipinski definition) is 2. The van der Waals surface area contributed by atoms with Gasteiger partial charge in [-0.25, -0.2) is 0 Å². The van der Waals surface area contributed by atoms with E-state index in [2.05, 4.69) is 30.3 Å². The molecule has 0 saturated carbocycles. The highest BCUT2D eigenvalue weighted by molar-refractivity contribution is 5.47. The molecule has 0 aliphatic carbocycles. The van der Waals surface area contributed by atoms with E-state index in [1.807, 2.05) is 24.3 Å². The molecular weight excluding hydrogens is 272 g/mol. The van der Waals surface area contributed by atoms with Crippen LogP contribution in [0.3, 0.4) is 0 Å². The fourth-order valence-corrected chi connectivity index (χ4v) is 1.63. The molecule has 0 aliphatic rings. The van der Waals surface area contributed by atoms with Gasteiger partial charge in [0.15, 0.2) is 0 Å². The van der Waals surface area contributed by atoms with Gasteiger partial charge < -0.3 is 16.2 Å². The summed E-state index contributed by atoms with van der Waals surface area (Å²) < 4.78 is 5.30. The second-order valence-electron chi connectivity index (χ2n) is 4.47. The lowest BCUT2D eigenvalue weighted by Crippen LogP contribution is -2.03. The zero-order valence-electron chi connectivity index (χ0n) is 12.0. The van der Waals surface area contributed by atoms with Gasteiger partial charge in [0, 0.05) is 22.5 Å². The zero-order chi connectivity index (χ0) is 15.8. The second-order valence-corrected chi connectivity index (χ2v) is 4.47. The van der Waals surface area contributed by atoms with Crippen molar-refractivity contribution in [1.82, 2.24) is 0 Å². The van der Waals surface area contributed by atoms with Crippen molar-refractivity contribution >= 4 is 11.4 Å². The molecule has 3 heteroatoms. The summed E-state index contributed by atoms with van der Waals surface area (Å²) in [6.45, 7) is 3.54. The van der Waals surface area contributed by atoms with Gasteiger partial charge in [-0.2, -0.15) is 0 Å². The molecule has 0 saturated heterocycles. The number of rotatable bonds is 2. The SMILES string of the molecule is C=COC(C#Cc1ccc(N)cc1)C#Cc1ccc(N)cc1. The van der Waals surface area contributed by atoms with Crippen molar-refractivity contribution in [3.63, 3.8) is 0 Å². The number of hydrogen-bond acceptors (Lipinski definition) is 3. The van der Waals surface area contributed by atoms with Gasteiger partial charge in [-0.15, -0.1) is 0 Å². The molecule has 0 radical (unpaired) electrons. The number of ether oxygens (including phenoxy) is 1. The van der Waals surface area contributed by atoms with Crippen molar-refractivity contribution < 1.29 is 4.74 Å². The Bertz CT molecular complexity index is 690. The number of nitrogen functional groups attached to an aromatic ring is 2. The molecule has 0 heterocycles. The van der Waals surface area contributed by atoms with Gasteiger partial charge in [0.05, 0.1) is 6.26 Å². The number of anilines is 2. The van der Waals surface area contributed by atoms with Gasteiger partial charge in [0.1, 0.15) is 0 Å². The Morgan fingerprint density at radius 1 is 0.818 bits per heavy atom. The van der Waals surface area contributed by atoms with Crippen LogP contribution in [-0.2, 0) is 4.74 Å². The highest BCUT2D eigenvalue weighted by Crippen LogP contribution is 2.05. The third kappa shape index (κ3) is 4.67. The maximum atomic E-state index is 5.64. The first kappa shape index (κ1) is 15.1. The monoisotopic (exact) mass is 288 g/mol. The lowest BCUT2D eigenvalue weighted by Gasteiger charge is -2.01. The topological polar surface area (TPSA) is 61.3 Å². The van der Waals surface area contributed by atoms with Gasteiger partial charge in [-0.3, -0.25) is 0 Å². The van der Waals surface area contributed by atoms with Crippen molar-refractivity contribution in [2.45, 2.75) is 6.10 Å². The summed E-state index contributed by atoms with van der Waals surface area (Å²) in [5, 5.41) is 0. The summed E-state index contributed by atoms with van der Waals surface area (Å²) in [6.07, 6.45) is 0.785. The minimum atomic E-state index is -0.549. The molecule has 2 rings (SSSR count). The van der Waals surface area contributed by atoms with Crippen LogP contribution in [0.2, 0.25) is 0 Å². The van der Waals surface area contributed by atoms with Crippen molar-refractivity contribution in [3.05, 3.63) is 72.5 Å². The molecule has 108 valence electrons. The average Bonchev–Trinajstić information content (AvgIpc) is 2.53. The van der Waals surface area contributed by atoms with E-state index in [0.717, 1.165) is 11.1 Å². The molecule has 0 amide bonds. The van der Waals surface area contributed by atoms with Crippen LogP contribution in [0.1, 0.15) is 11.1 Å². The Labute approximate surface area is 130 Å². The maximum absolute atomic E-state index is 5.64. The first-order valence-corrected chi connectivity index (χ1v) is 6.68. The first-order chi connectivity index (χ1) is 10.7. The molecule has 0 bridgehead atoms. The van der Waals surface area contributed by atoms with E-state index < -0.39 is 6.10 Å². The van der Waals surface area contributed by atoms with E-state index in [1.54, 1.807) is 24.3 Å². The normalized spacial score (nSPS) is 9.14. The Hall–Kier alpha value is -3.30. The lowest BCUT2D eigenvalue weighted by atomic mass is 10.2. The molecule has 0 unspecified atom stereocenters. The summed E-state index contributed by atoms with van der Waals surface area (Å²) in [7, 11) is 0. The average molecular weight is 288 g/mol. The van der Waals surface area contributed by atoms with Gasteiger partial charge in [-0.1, -0.05) is 18.4 Å². The predicted molar refractivity (Wildman–Crippen MR) is 90.5 cm³/mol. The minimum Gasteiger partial charge on any atom is -0.474 e. The number of benzene rings is 2. The standard InChI is InChI=1S/C19H16N2O/c1-2-22-19(13-7-15-3-9-17(20)10-4-15)14-8-16-5-11-18(21)12-6-16/h2-6,9-12,19H,1,20-21H2. The van der Waals surface area contributed by atoms with E-state index in [1.165, 1.54) is 6.26 Å². The molecule has 0 aliphatic heterocycles. The van der Waals surface area contributed by atoms with E-state index in [0.29, 0.717) is 11.4 Å². The van der Waals surface area contributed by atoms with Crippen LogP contribution < -0.4 is 11.5 Å². The van der Waals surface area contributed by atoms with E-state index in [4.69, 9.17) is 16.2 Å². The van der Waals surface area contributed by atoms with Crippen LogP contribution in [0.4, 0.5) is 11.4 Å². The van der Waals surface area contributed by atoms with Crippen LogP contribution in [-0.4, -0.2) is 6.10 Å². The summed E-state index contributed by atoms with van der Waals surface area (Å²) in [5.74, 6) is 11.9. The fraction of sp³-hybridized carbons (Fsp3) is 0.0526. The smallest absolute Gasteiger partial charge is 0.220 e. The molecule has 0 spiro atoms. The largest absolute Gasteiger partial charge is 0.474 e. The number of nitrogens with two attached hydrogens (primary N) is 2. The van der Waals surface area contributed by atoms with Crippen LogP contribution in [0.25, 0.3) is 0 Å². The highest BCUT2D eigenvalue weighted by Gasteiger charge is 1.97. The van der Waals surface area contributed by atoms with Crippen molar-refractivity contribution in [2.24, 2.45) is 0 Å². The Kier molecular flexibility index (Phi) is 5.13. The predicted octanol–water partition coefficient (Wildman–Crippen LogP) is 2.78. The van der Waals surface area contributed by atoms with Crippen LogP contribution in [0.5, 0.6) is 0 Å². The Morgan fingerprint density at radius 2 is 1.23 bits per heavy atom. The zero-order valence-corrected chi connectivity index (χ0v) is 12.0. The van der Waals surface area contributed by atoms with E-state index in [-0.39, 0.29) is 0 Å². The third-order valence-corrected chi connectivity index (χ3v) is 2.75. The third-order valence-electron chi connectivity index (χ3n) is 2.75. The summed E-state index contributed by atoms with van der Waals surface area (Å²) in [6, 6.07) is 14.6. The van der Waals surface area contributed by atoms with E-state index >= 15 is 0 Å². The van der Waals surface area contributed by atoms with E-state index in [9.17, 15) is 0 Å². The molecule has 0 aromatic heterocycles. The molecule has 2 aromatic carbocycles. The lowest BCUT2D eigenvalue weighted by molar-refractivity contribution is 0.245. The molecular formula is C19H16N2O. The van der Waals surface area contributed by atoms with Gasteiger partial charge in [-0.05, 0) is 60.4 Å². The molecule has 0 atom stereocenters. The maximum Gasteiger partial charge on any atom is 0.220 e. The summed E-state index contributed by atoms with van der Waals surface area (Å²) in [4.78, 5) is 0. The van der Waals surface area contributed by atoms with Crippen LogP contribution in [0.15, 0.2) is 61.4 Å². The highest BCUT2D eigenvalue weighted by atomic mass is 16.5. The van der Waals surface area contributed by atoms with Gasteiger partial charge in [0.2, 0.25) is 6.10 Å². The first-order valence-electron chi connectivity index (χ1n) is 6.68. The van der Waals surface area contributed by atoms with Crippen molar-refractivity contribution in [1.29, 1.82) is 0 Å².